The Labute approximate surface area is 119 Å². The normalized spacial score (nSPS) is 24.9. The number of thioether (sulfide) groups is 1. The molecule has 0 aliphatic carbocycles. The molecular weight excluding hydrogens is 264 g/mol. The van der Waals surface area contributed by atoms with E-state index in [1.54, 1.807) is 6.92 Å². The molecule has 2 amide bonds. The number of carboxylic acid groups (broad SMARTS) is 1. The van der Waals surface area contributed by atoms with Gasteiger partial charge in [0, 0.05) is 30.1 Å². The van der Waals surface area contributed by atoms with Crippen molar-refractivity contribution in [3.05, 3.63) is 0 Å². The van der Waals surface area contributed by atoms with Crippen LogP contribution in [0.3, 0.4) is 0 Å². The molecule has 110 valence electrons. The topological polar surface area (TPSA) is 69.6 Å². The molecule has 1 fully saturated rings. The SMILES string of the molecule is CC1CN(C(=O)NCCCC(C)C(=O)O)CC(C)S1. The summed E-state index contributed by atoms with van der Waals surface area (Å²) in [5, 5.41) is 12.6. The fraction of sp³-hybridized carbons (Fsp3) is 0.846. The Morgan fingerprint density at radius 2 is 1.95 bits per heavy atom. The summed E-state index contributed by atoms with van der Waals surface area (Å²) >= 11 is 1.91. The summed E-state index contributed by atoms with van der Waals surface area (Å²) in [4.78, 5) is 24.5. The Morgan fingerprint density at radius 3 is 2.47 bits per heavy atom. The molecule has 1 rings (SSSR count). The quantitative estimate of drug-likeness (QED) is 0.759. The van der Waals surface area contributed by atoms with E-state index in [1.807, 2.05) is 16.7 Å². The standard InChI is InChI=1S/C13H24N2O3S/c1-9(12(16)17)5-4-6-14-13(18)15-7-10(2)19-11(3)8-15/h9-11H,4-8H2,1-3H3,(H,14,18)(H,16,17). The smallest absolute Gasteiger partial charge is 0.317 e. The average molecular weight is 288 g/mol. The predicted molar refractivity (Wildman–Crippen MR) is 77.5 cm³/mol. The zero-order chi connectivity index (χ0) is 14.4. The second kappa shape index (κ2) is 7.62. The molecule has 19 heavy (non-hydrogen) atoms. The Kier molecular flexibility index (Phi) is 6.48. The lowest BCUT2D eigenvalue weighted by Crippen LogP contribution is -2.48. The molecule has 0 radical (unpaired) electrons. The number of nitrogens with one attached hydrogen (secondary N) is 1. The van der Waals surface area contributed by atoms with Gasteiger partial charge in [-0.15, -0.1) is 0 Å². The lowest BCUT2D eigenvalue weighted by molar-refractivity contribution is -0.141. The number of amides is 2. The van der Waals surface area contributed by atoms with Crippen LogP contribution in [0.5, 0.6) is 0 Å². The fourth-order valence-electron chi connectivity index (χ4n) is 2.18. The van der Waals surface area contributed by atoms with Gasteiger partial charge in [0.2, 0.25) is 0 Å². The minimum atomic E-state index is -0.776. The first-order chi connectivity index (χ1) is 8.90. The third kappa shape index (κ3) is 5.72. The Morgan fingerprint density at radius 1 is 1.37 bits per heavy atom. The van der Waals surface area contributed by atoms with Gasteiger partial charge in [0.1, 0.15) is 0 Å². The van der Waals surface area contributed by atoms with Gasteiger partial charge >= 0.3 is 12.0 Å². The van der Waals surface area contributed by atoms with Gasteiger partial charge in [-0.2, -0.15) is 11.8 Å². The number of hydrogen-bond acceptors (Lipinski definition) is 3. The van der Waals surface area contributed by atoms with Crippen LogP contribution in [0.25, 0.3) is 0 Å². The van der Waals surface area contributed by atoms with Crippen LogP contribution in [-0.2, 0) is 4.79 Å². The summed E-state index contributed by atoms with van der Waals surface area (Å²) < 4.78 is 0. The van der Waals surface area contributed by atoms with Crippen LogP contribution in [0.1, 0.15) is 33.6 Å². The van der Waals surface area contributed by atoms with Crippen LogP contribution < -0.4 is 5.32 Å². The van der Waals surface area contributed by atoms with E-state index >= 15 is 0 Å². The van der Waals surface area contributed by atoms with Crippen molar-refractivity contribution < 1.29 is 14.7 Å². The number of carbonyl (C=O) groups is 2. The van der Waals surface area contributed by atoms with E-state index in [4.69, 9.17) is 5.11 Å². The molecule has 2 N–H and O–H groups in total. The number of carbonyl (C=O) groups excluding carboxylic acids is 1. The van der Waals surface area contributed by atoms with E-state index < -0.39 is 5.97 Å². The zero-order valence-electron chi connectivity index (χ0n) is 11.9. The number of carboxylic acids is 1. The molecule has 0 aromatic carbocycles. The lowest BCUT2D eigenvalue weighted by Gasteiger charge is -2.34. The van der Waals surface area contributed by atoms with Gasteiger partial charge in [-0.3, -0.25) is 4.79 Å². The summed E-state index contributed by atoms with van der Waals surface area (Å²) in [6, 6.07) is -0.0259. The van der Waals surface area contributed by atoms with Gasteiger partial charge in [0.05, 0.1) is 5.92 Å². The van der Waals surface area contributed by atoms with Gasteiger partial charge in [-0.05, 0) is 12.8 Å². The number of nitrogens with zero attached hydrogens (tertiary/aromatic N) is 1. The van der Waals surface area contributed by atoms with Crippen molar-refractivity contribution in [1.82, 2.24) is 10.2 Å². The fourth-order valence-corrected chi connectivity index (χ4v) is 3.51. The highest BCUT2D eigenvalue weighted by Gasteiger charge is 2.25. The van der Waals surface area contributed by atoms with E-state index in [2.05, 4.69) is 19.2 Å². The highest BCUT2D eigenvalue weighted by Crippen LogP contribution is 2.24. The Hall–Kier alpha value is -0.910. The lowest BCUT2D eigenvalue weighted by atomic mass is 10.1. The maximum Gasteiger partial charge on any atom is 0.317 e. The first-order valence-electron chi connectivity index (χ1n) is 6.81. The van der Waals surface area contributed by atoms with Crippen molar-refractivity contribution in [2.75, 3.05) is 19.6 Å². The van der Waals surface area contributed by atoms with Crippen molar-refractivity contribution in [3.8, 4) is 0 Å². The molecule has 0 aromatic rings. The van der Waals surface area contributed by atoms with Gasteiger partial charge in [0.25, 0.3) is 0 Å². The largest absolute Gasteiger partial charge is 0.481 e. The number of hydrogen-bond donors (Lipinski definition) is 2. The minimum absolute atomic E-state index is 0.0259. The highest BCUT2D eigenvalue weighted by molar-refractivity contribution is 8.00. The Bertz CT molecular complexity index is 315. The van der Waals surface area contributed by atoms with E-state index in [-0.39, 0.29) is 11.9 Å². The third-order valence-corrected chi connectivity index (χ3v) is 4.45. The van der Waals surface area contributed by atoms with Gasteiger partial charge < -0.3 is 15.3 Å². The summed E-state index contributed by atoms with van der Waals surface area (Å²) in [5.41, 5.74) is 0. The minimum Gasteiger partial charge on any atom is -0.481 e. The monoisotopic (exact) mass is 288 g/mol. The summed E-state index contributed by atoms with van der Waals surface area (Å²) in [6.45, 7) is 8.07. The molecule has 3 unspecified atom stereocenters. The molecule has 0 spiro atoms. The zero-order valence-corrected chi connectivity index (χ0v) is 12.7. The van der Waals surface area contributed by atoms with E-state index in [0.717, 1.165) is 13.1 Å². The van der Waals surface area contributed by atoms with Crippen molar-refractivity contribution in [2.24, 2.45) is 5.92 Å². The average Bonchev–Trinajstić information content (AvgIpc) is 2.32. The van der Waals surface area contributed by atoms with Crippen LogP contribution >= 0.6 is 11.8 Å². The summed E-state index contributed by atoms with van der Waals surface area (Å²) in [5.74, 6) is -1.12. The molecule has 0 saturated carbocycles. The van der Waals surface area contributed by atoms with E-state index in [1.165, 1.54) is 0 Å². The van der Waals surface area contributed by atoms with E-state index in [0.29, 0.717) is 29.9 Å². The molecule has 0 bridgehead atoms. The molecule has 1 saturated heterocycles. The second-order valence-electron chi connectivity index (χ2n) is 5.28. The van der Waals surface area contributed by atoms with Crippen LogP contribution in [-0.4, -0.2) is 52.1 Å². The number of urea groups is 1. The molecule has 1 aliphatic rings. The maximum atomic E-state index is 12.0. The first kappa shape index (κ1) is 16.1. The van der Waals surface area contributed by atoms with Crippen molar-refractivity contribution in [3.63, 3.8) is 0 Å². The first-order valence-corrected chi connectivity index (χ1v) is 7.75. The van der Waals surface area contributed by atoms with Crippen LogP contribution in [0.15, 0.2) is 0 Å². The van der Waals surface area contributed by atoms with Crippen molar-refractivity contribution in [2.45, 2.75) is 44.1 Å². The number of aliphatic carboxylic acids is 1. The molecule has 6 heteroatoms. The molecule has 1 heterocycles. The van der Waals surface area contributed by atoms with Crippen LogP contribution in [0, 0.1) is 5.92 Å². The van der Waals surface area contributed by atoms with E-state index in [9.17, 15) is 9.59 Å². The predicted octanol–water partition coefficient (Wildman–Crippen LogP) is 2.02. The summed E-state index contributed by atoms with van der Waals surface area (Å²) in [7, 11) is 0. The van der Waals surface area contributed by atoms with Crippen molar-refractivity contribution >= 4 is 23.8 Å². The second-order valence-corrected chi connectivity index (χ2v) is 7.16. The Balaban J connectivity index is 2.22. The molecule has 3 atom stereocenters. The maximum absolute atomic E-state index is 12.0. The highest BCUT2D eigenvalue weighted by atomic mass is 32.2. The van der Waals surface area contributed by atoms with Crippen LogP contribution in [0.4, 0.5) is 4.79 Å². The van der Waals surface area contributed by atoms with Crippen molar-refractivity contribution in [1.29, 1.82) is 0 Å². The third-order valence-electron chi connectivity index (χ3n) is 3.22. The van der Waals surface area contributed by atoms with Gasteiger partial charge in [-0.1, -0.05) is 20.8 Å². The number of rotatable bonds is 5. The van der Waals surface area contributed by atoms with Gasteiger partial charge in [0.15, 0.2) is 0 Å². The van der Waals surface area contributed by atoms with Gasteiger partial charge in [-0.25, -0.2) is 4.79 Å². The molecule has 0 aromatic heterocycles. The molecule has 5 nitrogen and oxygen atoms in total. The molecular formula is C13H24N2O3S. The van der Waals surface area contributed by atoms with Crippen LogP contribution in [0.2, 0.25) is 0 Å². The summed E-state index contributed by atoms with van der Waals surface area (Å²) in [6.07, 6.45) is 1.30. The molecule has 1 aliphatic heterocycles.